The minimum Gasteiger partial charge on any atom is -0.484 e. The van der Waals surface area contributed by atoms with Crippen LogP contribution in [0.25, 0.3) is 0 Å². The Balaban J connectivity index is 0.00000341. The summed E-state index contributed by atoms with van der Waals surface area (Å²) in [6, 6.07) is 8.23. The lowest BCUT2D eigenvalue weighted by atomic mass is 10.1. The van der Waals surface area contributed by atoms with Crippen molar-refractivity contribution in [2.75, 3.05) is 26.7 Å². The average Bonchev–Trinajstić information content (AvgIpc) is 3.49. The van der Waals surface area contributed by atoms with Crippen LogP contribution in [0.4, 0.5) is 0 Å². The zero-order valence-electron chi connectivity index (χ0n) is 18.4. The van der Waals surface area contributed by atoms with Crippen molar-refractivity contribution in [1.82, 2.24) is 20.9 Å². The number of halogens is 1. The molecule has 2 aromatic rings. The van der Waals surface area contributed by atoms with Crippen molar-refractivity contribution in [2.24, 2.45) is 4.99 Å². The Labute approximate surface area is 205 Å². The second-order valence-electron chi connectivity index (χ2n) is 7.45. The van der Waals surface area contributed by atoms with Crippen LogP contribution in [0.5, 0.6) is 5.75 Å². The molecule has 0 saturated heterocycles. The van der Waals surface area contributed by atoms with Gasteiger partial charge in [-0.1, -0.05) is 12.1 Å². The van der Waals surface area contributed by atoms with Gasteiger partial charge in [-0.15, -0.1) is 35.3 Å². The summed E-state index contributed by atoms with van der Waals surface area (Å²) in [6.07, 6.45) is 3.92. The molecule has 0 atom stereocenters. The highest BCUT2D eigenvalue weighted by Gasteiger charge is 2.23. The predicted octanol–water partition coefficient (Wildman–Crippen LogP) is 2.99. The van der Waals surface area contributed by atoms with E-state index in [2.05, 4.69) is 32.9 Å². The highest BCUT2D eigenvalue weighted by molar-refractivity contribution is 14.0. The molecule has 1 aromatic carbocycles. The van der Waals surface area contributed by atoms with Gasteiger partial charge in [0.1, 0.15) is 5.75 Å². The van der Waals surface area contributed by atoms with Gasteiger partial charge in [-0.3, -0.25) is 9.79 Å². The van der Waals surface area contributed by atoms with Crippen LogP contribution in [0.3, 0.4) is 0 Å². The summed E-state index contributed by atoms with van der Waals surface area (Å²) in [5.74, 6) is 1.45. The summed E-state index contributed by atoms with van der Waals surface area (Å²) < 4.78 is 5.54. The minimum atomic E-state index is -0.0511. The van der Waals surface area contributed by atoms with E-state index in [4.69, 9.17) is 4.74 Å². The second-order valence-corrected chi connectivity index (χ2v) is 8.74. The molecular weight excluding hydrogens is 525 g/mol. The molecule has 0 spiro atoms. The molecule has 0 bridgehead atoms. The minimum absolute atomic E-state index is 0. The molecule has 3 N–H and O–H groups in total. The largest absolute Gasteiger partial charge is 0.484 e. The molecule has 1 aromatic heterocycles. The number of nitrogens with one attached hydrogen (secondary N) is 3. The second kappa shape index (κ2) is 12.8. The van der Waals surface area contributed by atoms with Crippen molar-refractivity contribution in [1.29, 1.82) is 0 Å². The number of aromatic nitrogens is 1. The van der Waals surface area contributed by atoms with E-state index < -0.39 is 0 Å². The Morgan fingerprint density at radius 1 is 1.16 bits per heavy atom. The van der Waals surface area contributed by atoms with Gasteiger partial charge in [0.05, 0.1) is 10.7 Å². The Morgan fingerprint density at radius 2 is 1.84 bits per heavy atom. The number of aliphatic imine (C=N–C) groups is 1. The molecule has 9 heteroatoms. The number of aryl methyl sites for hydroxylation is 2. The number of thiazole rings is 1. The third kappa shape index (κ3) is 9.02. The zero-order valence-corrected chi connectivity index (χ0v) is 21.5. The topological polar surface area (TPSA) is 87.6 Å². The van der Waals surface area contributed by atoms with Gasteiger partial charge in [-0.2, -0.15) is 0 Å². The number of ether oxygens (including phenoxy) is 1. The van der Waals surface area contributed by atoms with Crippen molar-refractivity contribution in [3.63, 3.8) is 0 Å². The molecule has 7 nitrogen and oxygen atoms in total. The predicted molar refractivity (Wildman–Crippen MR) is 137 cm³/mol. The number of hydrogen-bond acceptors (Lipinski definition) is 5. The standard InChI is InChI=1S/C22H31N5O2S.HI/c1-15-16(2)30-21(26-15)11-13-25-22(23-3)24-12-10-17-4-8-19(9-5-17)29-14-20(28)27-18-6-7-18;/h4-5,8-9,18H,6-7,10-14H2,1-3H3,(H,27,28)(H2,23,24,25);1H. The van der Waals surface area contributed by atoms with Crippen LogP contribution in [-0.2, 0) is 17.6 Å². The van der Waals surface area contributed by atoms with Crippen LogP contribution in [0, 0.1) is 13.8 Å². The van der Waals surface area contributed by atoms with Gasteiger partial charge in [-0.05, 0) is 50.8 Å². The molecule has 1 heterocycles. The SMILES string of the molecule is CN=C(NCCc1ccc(OCC(=O)NC2CC2)cc1)NCCc1nc(C)c(C)s1.I. The van der Waals surface area contributed by atoms with E-state index in [1.807, 2.05) is 31.2 Å². The number of guanidine groups is 1. The average molecular weight is 558 g/mol. The van der Waals surface area contributed by atoms with Crippen LogP contribution < -0.4 is 20.7 Å². The highest BCUT2D eigenvalue weighted by atomic mass is 127. The van der Waals surface area contributed by atoms with E-state index in [0.29, 0.717) is 11.8 Å². The first kappa shape index (κ1) is 25.4. The third-order valence-electron chi connectivity index (χ3n) is 4.87. The Morgan fingerprint density at radius 3 is 2.42 bits per heavy atom. The van der Waals surface area contributed by atoms with Gasteiger partial charge >= 0.3 is 0 Å². The molecule has 1 amide bonds. The molecule has 1 aliphatic rings. The first-order valence-corrected chi connectivity index (χ1v) is 11.2. The van der Waals surface area contributed by atoms with Crippen molar-refractivity contribution >= 4 is 47.2 Å². The molecule has 1 fully saturated rings. The number of carbonyl (C=O) groups is 1. The lowest BCUT2D eigenvalue weighted by Crippen LogP contribution is -2.39. The van der Waals surface area contributed by atoms with Crippen molar-refractivity contribution in [3.8, 4) is 5.75 Å². The molecule has 3 rings (SSSR count). The van der Waals surface area contributed by atoms with Crippen LogP contribution >= 0.6 is 35.3 Å². The summed E-state index contributed by atoms with van der Waals surface area (Å²) in [4.78, 5) is 21.8. The Bertz CT molecular complexity index is 846. The van der Waals surface area contributed by atoms with Gasteiger partial charge in [0.15, 0.2) is 12.6 Å². The zero-order chi connectivity index (χ0) is 21.3. The van der Waals surface area contributed by atoms with Crippen molar-refractivity contribution in [2.45, 2.75) is 45.6 Å². The maximum atomic E-state index is 11.7. The normalized spacial score (nSPS) is 13.3. The molecule has 0 aliphatic heterocycles. The van der Waals surface area contributed by atoms with Crippen LogP contribution in [0.2, 0.25) is 0 Å². The van der Waals surface area contributed by atoms with Crippen molar-refractivity contribution in [3.05, 3.63) is 45.4 Å². The number of benzene rings is 1. The van der Waals surface area contributed by atoms with Crippen LogP contribution in [0.1, 0.15) is 34.0 Å². The summed E-state index contributed by atoms with van der Waals surface area (Å²) in [5, 5.41) is 10.7. The fourth-order valence-electron chi connectivity index (χ4n) is 2.88. The van der Waals surface area contributed by atoms with Crippen LogP contribution in [0.15, 0.2) is 29.3 Å². The third-order valence-corrected chi connectivity index (χ3v) is 6.00. The van der Waals surface area contributed by atoms with Gasteiger partial charge < -0.3 is 20.7 Å². The van der Waals surface area contributed by atoms with Gasteiger partial charge in [0.25, 0.3) is 5.91 Å². The maximum absolute atomic E-state index is 11.7. The molecule has 0 unspecified atom stereocenters. The molecule has 170 valence electrons. The van der Waals surface area contributed by atoms with Gasteiger partial charge in [-0.25, -0.2) is 4.98 Å². The number of amides is 1. The number of nitrogens with zero attached hydrogens (tertiary/aromatic N) is 2. The fourth-order valence-corrected chi connectivity index (χ4v) is 3.81. The fraction of sp³-hybridized carbons (Fsp3) is 0.500. The highest BCUT2D eigenvalue weighted by Crippen LogP contribution is 2.18. The molecule has 31 heavy (non-hydrogen) atoms. The van der Waals surface area contributed by atoms with Crippen molar-refractivity contribution < 1.29 is 9.53 Å². The summed E-state index contributed by atoms with van der Waals surface area (Å²) >= 11 is 1.76. The molecule has 1 aliphatic carbocycles. The number of rotatable bonds is 10. The Hall–Kier alpha value is -1.88. The molecule has 0 radical (unpaired) electrons. The van der Waals surface area contributed by atoms with E-state index in [1.54, 1.807) is 18.4 Å². The van der Waals surface area contributed by atoms with Gasteiger partial charge in [0.2, 0.25) is 0 Å². The molecule has 1 saturated carbocycles. The maximum Gasteiger partial charge on any atom is 0.258 e. The van der Waals surface area contributed by atoms with E-state index in [1.165, 1.54) is 10.4 Å². The summed E-state index contributed by atoms with van der Waals surface area (Å²) in [7, 11) is 1.78. The number of carbonyl (C=O) groups excluding carboxylic acids is 1. The van der Waals surface area contributed by atoms with E-state index >= 15 is 0 Å². The van der Waals surface area contributed by atoms with E-state index in [-0.39, 0.29) is 36.5 Å². The lowest BCUT2D eigenvalue weighted by molar-refractivity contribution is -0.123. The lowest BCUT2D eigenvalue weighted by Gasteiger charge is -2.12. The quantitative estimate of drug-likeness (QED) is 0.238. The first-order valence-electron chi connectivity index (χ1n) is 10.4. The first-order chi connectivity index (χ1) is 14.5. The van der Waals surface area contributed by atoms with Crippen LogP contribution in [-0.4, -0.2) is 49.6 Å². The molecular formula is C22H32IN5O2S. The smallest absolute Gasteiger partial charge is 0.258 e. The van der Waals surface area contributed by atoms with Gasteiger partial charge in [0, 0.05) is 37.5 Å². The number of hydrogen-bond donors (Lipinski definition) is 3. The van der Waals surface area contributed by atoms with E-state index in [9.17, 15) is 4.79 Å². The monoisotopic (exact) mass is 557 g/mol. The Kier molecular flexibility index (Phi) is 10.5. The summed E-state index contributed by atoms with van der Waals surface area (Å²) in [5.41, 5.74) is 2.32. The summed E-state index contributed by atoms with van der Waals surface area (Å²) in [6.45, 7) is 5.80. The van der Waals surface area contributed by atoms with E-state index in [0.717, 1.165) is 55.4 Å².